The number of piperidine rings is 1. The van der Waals surface area contributed by atoms with E-state index in [9.17, 15) is 4.79 Å². The van der Waals surface area contributed by atoms with Crippen LogP contribution >= 0.6 is 0 Å². The monoisotopic (exact) mass is 233 g/mol. The summed E-state index contributed by atoms with van der Waals surface area (Å²) in [5.74, 6) is 1.21. The van der Waals surface area contributed by atoms with Crippen LogP contribution in [0.4, 0.5) is 0 Å². The molecule has 1 aliphatic rings. The van der Waals surface area contributed by atoms with E-state index in [1.165, 1.54) is 0 Å². The third-order valence-corrected chi connectivity index (χ3v) is 2.95. The highest BCUT2D eigenvalue weighted by molar-refractivity contribution is 5.88. The van der Waals surface area contributed by atoms with Crippen molar-refractivity contribution >= 4 is 5.78 Å². The molecule has 0 radical (unpaired) electrons. The van der Waals surface area contributed by atoms with Crippen molar-refractivity contribution < 1.29 is 9.53 Å². The lowest BCUT2D eigenvalue weighted by Gasteiger charge is -2.22. The summed E-state index contributed by atoms with van der Waals surface area (Å²) in [6, 6.07) is 7.91. The number of carbonyl (C=O) groups excluding carboxylic acids is 1. The number of ether oxygens (including phenoxy) is 1. The normalized spacial score (nSPS) is 20.6. The second-order valence-corrected chi connectivity index (χ2v) is 4.72. The van der Waals surface area contributed by atoms with Crippen LogP contribution in [0.3, 0.4) is 0 Å². The van der Waals surface area contributed by atoms with Gasteiger partial charge in [-0.25, -0.2) is 0 Å². The van der Waals surface area contributed by atoms with Gasteiger partial charge in [0.1, 0.15) is 5.75 Å². The van der Waals surface area contributed by atoms with Gasteiger partial charge in [-0.3, -0.25) is 4.79 Å². The van der Waals surface area contributed by atoms with Crippen LogP contribution in [0.5, 0.6) is 5.75 Å². The maximum Gasteiger partial charge on any atom is 0.154 e. The van der Waals surface area contributed by atoms with Crippen LogP contribution in [0.25, 0.3) is 0 Å². The average molecular weight is 233 g/mol. The molecular weight excluding hydrogens is 214 g/mol. The van der Waals surface area contributed by atoms with Crippen LogP contribution in [0.2, 0.25) is 0 Å². The Morgan fingerprint density at radius 3 is 2.59 bits per heavy atom. The SMILES string of the molecule is CC(C)Oc1ccc(C2CCNCC2=O)cc1. The van der Waals surface area contributed by atoms with E-state index in [4.69, 9.17) is 4.74 Å². The molecule has 3 heteroatoms. The van der Waals surface area contributed by atoms with Crippen molar-refractivity contribution in [3.05, 3.63) is 29.8 Å². The molecular formula is C14H19NO2. The zero-order chi connectivity index (χ0) is 12.3. The number of hydrogen-bond donors (Lipinski definition) is 1. The van der Waals surface area contributed by atoms with Gasteiger partial charge >= 0.3 is 0 Å². The van der Waals surface area contributed by atoms with Gasteiger partial charge in [0.25, 0.3) is 0 Å². The second-order valence-electron chi connectivity index (χ2n) is 4.72. The van der Waals surface area contributed by atoms with Crippen LogP contribution < -0.4 is 10.1 Å². The molecule has 1 atom stereocenters. The van der Waals surface area contributed by atoms with Crippen molar-refractivity contribution in [2.45, 2.75) is 32.3 Å². The Bertz CT molecular complexity index is 384. The fourth-order valence-corrected chi connectivity index (χ4v) is 2.15. The number of hydrogen-bond acceptors (Lipinski definition) is 3. The molecule has 1 aliphatic heterocycles. The third kappa shape index (κ3) is 3.07. The van der Waals surface area contributed by atoms with Crippen molar-refractivity contribution in [2.75, 3.05) is 13.1 Å². The minimum absolute atomic E-state index is 0.0596. The zero-order valence-corrected chi connectivity index (χ0v) is 10.4. The van der Waals surface area contributed by atoms with Crippen molar-refractivity contribution in [2.24, 2.45) is 0 Å². The summed E-state index contributed by atoms with van der Waals surface area (Å²) in [7, 11) is 0. The summed E-state index contributed by atoms with van der Waals surface area (Å²) >= 11 is 0. The molecule has 0 bridgehead atoms. The molecule has 1 aromatic carbocycles. The number of carbonyl (C=O) groups is 1. The largest absolute Gasteiger partial charge is 0.491 e. The summed E-state index contributed by atoms with van der Waals surface area (Å²) in [6.07, 6.45) is 1.07. The fourth-order valence-electron chi connectivity index (χ4n) is 2.15. The minimum Gasteiger partial charge on any atom is -0.491 e. The summed E-state index contributed by atoms with van der Waals surface area (Å²) in [6.45, 7) is 5.42. The van der Waals surface area contributed by atoms with E-state index >= 15 is 0 Å². The average Bonchev–Trinajstić information content (AvgIpc) is 2.30. The summed E-state index contributed by atoms with van der Waals surface area (Å²) in [5.41, 5.74) is 1.10. The predicted molar refractivity (Wildman–Crippen MR) is 67.4 cm³/mol. The van der Waals surface area contributed by atoms with Gasteiger partial charge in [0.05, 0.1) is 12.6 Å². The molecule has 0 spiro atoms. The Labute approximate surface area is 102 Å². The van der Waals surface area contributed by atoms with E-state index in [1.807, 2.05) is 38.1 Å². The van der Waals surface area contributed by atoms with Crippen molar-refractivity contribution in [3.8, 4) is 5.75 Å². The van der Waals surface area contributed by atoms with E-state index in [0.29, 0.717) is 6.54 Å². The predicted octanol–water partition coefficient (Wildman–Crippen LogP) is 2.12. The van der Waals surface area contributed by atoms with Gasteiger partial charge in [-0.1, -0.05) is 12.1 Å². The van der Waals surface area contributed by atoms with Crippen LogP contribution in [0.1, 0.15) is 31.7 Å². The number of nitrogens with one attached hydrogen (secondary N) is 1. The maximum atomic E-state index is 11.8. The minimum atomic E-state index is 0.0596. The molecule has 0 aliphatic carbocycles. The van der Waals surface area contributed by atoms with Crippen LogP contribution in [-0.4, -0.2) is 25.0 Å². The molecule has 1 heterocycles. The first-order chi connectivity index (χ1) is 8.16. The van der Waals surface area contributed by atoms with E-state index in [0.717, 1.165) is 24.3 Å². The van der Waals surface area contributed by atoms with Crippen molar-refractivity contribution in [3.63, 3.8) is 0 Å². The molecule has 0 amide bonds. The molecule has 3 nitrogen and oxygen atoms in total. The third-order valence-electron chi connectivity index (χ3n) is 2.95. The van der Waals surface area contributed by atoms with Crippen LogP contribution in [0, 0.1) is 0 Å². The number of Topliss-reactive ketones (excluding diaryl/α,β-unsaturated/α-hetero) is 1. The van der Waals surface area contributed by atoms with Gasteiger partial charge < -0.3 is 10.1 Å². The maximum absolute atomic E-state index is 11.8. The molecule has 1 unspecified atom stereocenters. The zero-order valence-electron chi connectivity index (χ0n) is 10.4. The van der Waals surface area contributed by atoms with E-state index < -0.39 is 0 Å². The first-order valence-corrected chi connectivity index (χ1v) is 6.17. The second kappa shape index (κ2) is 5.32. The van der Waals surface area contributed by atoms with Gasteiger partial charge in [-0.05, 0) is 44.5 Å². The lowest BCUT2D eigenvalue weighted by Crippen LogP contribution is -2.35. The van der Waals surface area contributed by atoms with Gasteiger partial charge in [0, 0.05) is 5.92 Å². The van der Waals surface area contributed by atoms with E-state index in [2.05, 4.69) is 5.32 Å². The van der Waals surface area contributed by atoms with Crippen molar-refractivity contribution in [1.29, 1.82) is 0 Å². The number of ketones is 1. The summed E-state index contributed by atoms with van der Waals surface area (Å²) in [4.78, 5) is 11.8. The molecule has 2 rings (SSSR count). The summed E-state index contributed by atoms with van der Waals surface area (Å²) in [5, 5.41) is 3.10. The highest BCUT2D eigenvalue weighted by Gasteiger charge is 2.23. The van der Waals surface area contributed by atoms with Gasteiger partial charge in [0.2, 0.25) is 0 Å². The highest BCUT2D eigenvalue weighted by Crippen LogP contribution is 2.24. The Morgan fingerprint density at radius 2 is 2.00 bits per heavy atom. The Balaban J connectivity index is 2.08. The smallest absolute Gasteiger partial charge is 0.154 e. The summed E-state index contributed by atoms with van der Waals surface area (Å²) < 4.78 is 5.59. The van der Waals surface area contributed by atoms with Crippen molar-refractivity contribution in [1.82, 2.24) is 5.32 Å². The molecule has 1 saturated heterocycles. The first kappa shape index (κ1) is 12.1. The van der Waals surface area contributed by atoms with E-state index in [1.54, 1.807) is 0 Å². The molecule has 0 aromatic heterocycles. The van der Waals surface area contributed by atoms with Gasteiger partial charge in [0.15, 0.2) is 5.78 Å². The fraction of sp³-hybridized carbons (Fsp3) is 0.500. The molecule has 1 fully saturated rings. The molecule has 1 aromatic rings. The quantitative estimate of drug-likeness (QED) is 0.869. The standard InChI is InChI=1S/C14H19NO2/c1-10(2)17-12-5-3-11(4-6-12)13-7-8-15-9-14(13)16/h3-6,10,13,15H,7-9H2,1-2H3. The highest BCUT2D eigenvalue weighted by atomic mass is 16.5. The van der Waals surface area contributed by atoms with Gasteiger partial charge in [-0.2, -0.15) is 0 Å². The van der Waals surface area contributed by atoms with E-state index in [-0.39, 0.29) is 17.8 Å². The first-order valence-electron chi connectivity index (χ1n) is 6.17. The van der Waals surface area contributed by atoms with Crippen LogP contribution in [0.15, 0.2) is 24.3 Å². The Morgan fingerprint density at radius 1 is 1.29 bits per heavy atom. The molecule has 0 saturated carbocycles. The molecule has 1 N–H and O–H groups in total. The molecule has 17 heavy (non-hydrogen) atoms. The number of benzene rings is 1. The van der Waals surface area contributed by atoms with Crippen LogP contribution in [-0.2, 0) is 4.79 Å². The number of rotatable bonds is 3. The Kier molecular flexibility index (Phi) is 3.79. The molecule has 92 valence electrons. The Hall–Kier alpha value is -1.35. The lowest BCUT2D eigenvalue weighted by atomic mass is 9.89. The topological polar surface area (TPSA) is 38.3 Å². The van der Waals surface area contributed by atoms with Gasteiger partial charge in [-0.15, -0.1) is 0 Å². The lowest BCUT2D eigenvalue weighted by molar-refractivity contribution is -0.120.